The van der Waals surface area contributed by atoms with Gasteiger partial charge in [0.2, 0.25) is 0 Å². The first-order chi connectivity index (χ1) is 16.8. The van der Waals surface area contributed by atoms with Crippen molar-refractivity contribution in [1.29, 1.82) is 0 Å². The fourth-order valence-corrected chi connectivity index (χ4v) is 3.11. The first kappa shape index (κ1) is 39.8. The van der Waals surface area contributed by atoms with Gasteiger partial charge in [0.05, 0.1) is 17.7 Å². The standard InChI is InChI=1S/C9H18O.C8H15N3.C7H14O2.C7H16/c1-7(2)5-9(10)6-8(3)4;1-6(2)8-5-11(7(3)4)10-9-8;1-5(2)7(8)9-6(3)4;1-6(2)5-7(3)4/h7-8H,5-6H2,1-4H3;5-7H,1-4H3;5-6H,1-4H3;6-7H,5H2,1-4H3. The molecule has 0 radical (unpaired) electrons. The second kappa shape index (κ2) is 22.3. The van der Waals surface area contributed by atoms with E-state index in [1.54, 1.807) is 0 Å². The van der Waals surface area contributed by atoms with Crippen LogP contribution in [0.1, 0.15) is 148 Å². The maximum atomic E-state index is 11.1. The summed E-state index contributed by atoms with van der Waals surface area (Å²) in [4.78, 5) is 21.8. The highest BCUT2D eigenvalue weighted by molar-refractivity contribution is 5.78. The largest absolute Gasteiger partial charge is 0.463 e. The van der Waals surface area contributed by atoms with Crippen LogP contribution in [0.15, 0.2) is 6.20 Å². The van der Waals surface area contributed by atoms with Gasteiger partial charge in [-0.05, 0) is 63.7 Å². The Morgan fingerprint density at radius 2 is 1.16 bits per heavy atom. The number of carbonyl (C=O) groups is 2. The molecule has 0 aliphatic carbocycles. The van der Waals surface area contributed by atoms with E-state index >= 15 is 0 Å². The molecule has 0 saturated heterocycles. The second-order valence-corrected chi connectivity index (χ2v) is 12.8. The van der Waals surface area contributed by atoms with Crippen molar-refractivity contribution < 1.29 is 14.3 Å². The van der Waals surface area contributed by atoms with Crippen LogP contribution in [0.5, 0.6) is 0 Å². The third-order valence-corrected chi connectivity index (χ3v) is 4.69. The smallest absolute Gasteiger partial charge is 0.308 e. The zero-order valence-corrected chi connectivity index (χ0v) is 27.4. The van der Waals surface area contributed by atoms with E-state index in [4.69, 9.17) is 4.74 Å². The number of esters is 1. The minimum atomic E-state index is -0.120. The fraction of sp³-hybridized carbons (Fsp3) is 0.871. The van der Waals surface area contributed by atoms with Crippen LogP contribution in [0.2, 0.25) is 0 Å². The third kappa shape index (κ3) is 28.7. The summed E-state index contributed by atoms with van der Waals surface area (Å²) in [6.07, 6.45) is 4.88. The molecule has 0 bridgehead atoms. The predicted molar refractivity (Wildman–Crippen MR) is 159 cm³/mol. The number of rotatable bonds is 10. The van der Waals surface area contributed by atoms with E-state index < -0.39 is 0 Å². The van der Waals surface area contributed by atoms with Crippen molar-refractivity contribution in [3.05, 3.63) is 11.9 Å². The number of aromatic nitrogens is 3. The van der Waals surface area contributed by atoms with E-state index in [1.165, 1.54) is 6.42 Å². The molecule has 0 aliphatic rings. The molecule has 0 amide bonds. The number of ketones is 1. The van der Waals surface area contributed by atoms with E-state index in [9.17, 15) is 9.59 Å². The molecule has 0 N–H and O–H groups in total. The van der Waals surface area contributed by atoms with Gasteiger partial charge in [-0.25, -0.2) is 4.68 Å². The Hall–Kier alpha value is -1.72. The molecule has 1 aromatic rings. The topological polar surface area (TPSA) is 74.1 Å². The zero-order valence-electron chi connectivity index (χ0n) is 27.4. The van der Waals surface area contributed by atoms with Crippen LogP contribution in [-0.2, 0) is 14.3 Å². The zero-order chi connectivity index (χ0) is 29.9. The summed E-state index contributed by atoms with van der Waals surface area (Å²) in [5.41, 5.74) is 1.07. The van der Waals surface area contributed by atoms with Crippen LogP contribution in [0.25, 0.3) is 0 Å². The van der Waals surface area contributed by atoms with Crippen molar-refractivity contribution in [3.63, 3.8) is 0 Å². The summed E-state index contributed by atoms with van der Waals surface area (Å²) >= 11 is 0. The summed E-state index contributed by atoms with van der Waals surface area (Å²) in [7, 11) is 0. The molecule has 0 fully saturated rings. The first-order valence-electron chi connectivity index (χ1n) is 14.4. The summed E-state index contributed by atoms with van der Waals surface area (Å²) in [5.74, 6) is 3.54. The molecule has 1 heterocycles. The summed E-state index contributed by atoms with van der Waals surface area (Å²) in [6, 6.07) is 0.412. The van der Waals surface area contributed by atoms with Gasteiger partial charge < -0.3 is 4.74 Å². The first-order valence-corrected chi connectivity index (χ1v) is 14.4. The quantitative estimate of drug-likeness (QED) is 0.285. The van der Waals surface area contributed by atoms with Crippen LogP contribution in [0.4, 0.5) is 0 Å². The van der Waals surface area contributed by atoms with Crippen molar-refractivity contribution in [3.8, 4) is 0 Å². The lowest BCUT2D eigenvalue weighted by Crippen LogP contribution is -2.16. The molecule has 0 saturated carbocycles. The van der Waals surface area contributed by atoms with Crippen molar-refractivity contribution in [2.45, 2.75) is 148 Å². The Kier molecular flexibility index (Phi) is 24.0. The molecule has 0 unspecified atom stereocenters. The van der Waals surface area contributed by atoms with Gasteiger partial charge in [0.15, 0.2) is 0 Å². The molecule has 220 valence electrons. The average Bonchev–Trinajstić information content (AvgIpc) is 3.17. The number of Topliss-reactive ketones (excluding diaryl/α,β-unsaturated/α-hetero) is 1. The highest BCUT2D eigenvalue weighted by Crippen LogP contribution is 2.11. The van der Waals surface area contributed by atoms with Crippen LogP contribution >= 0.6 is 0 Å². The maximum Gasteiger partial charge on any atom is 0.308 e. The minimum absolute atomic E-state index is 0.00704. The maximum absolute atomic E-state index is 11.1. The highest BCUT2D eigenvalue weighted by atomic mass is 16.5. The molecule has 0 aliphatic heterocycles. The highest BCUT2D eigenvalue weighted by Gasteiger charge is 2.09. The third-order valence-electron chi connectivity index (χ3n) is 4.69. The van der Waals surface area contributed by atoms with E-state index in [-0.39, 0.29) is 18.0 Å². The molecular weight excluding hydrogens is 462 g/mol. The fourth-order valence-electron chi connectivity index (χ4n) is 3.11. The van der Waals surface area contributed by atoms with Crippen LogP contribution in [0.3, 0.4) is 0 Å². The minimum Gasteiger partial charge on any atom is -0.463 e. The number of hydrogen-bond donors (Lipinski definition) is 0. The van der Waals surface area contributed by atoms with Gasteiger partial charge in [-0.2, -0.15) is 0 Å². The molecule has 1 aromatic heterocycles. The average molecular weight is 526 g/mol. The Labute approximate surface area is 230 Å². The van der Waals surface area contributed by atoms with Crippen LogP contribution in [-0.4, -0.2) is 32.9 Å². The summed E-state index contributed by atoms with van der Waals surface area (Å²) < 4.78 is 6.76. The molecule has 37 heavy (non-hydrogen) atoms. The monoisotopic (exact) mass is 525 g/mol. The van der Waals surface area contributed by atoms with Gasteiger partial charge in [0, 0.05) is 25.1 Å². The molecule has 0 atom stereocenters. The van der Waals surface area contributed by atoms with Crippen molar-refractivity contribution in [2.24, 2.45) is 29.6 Å². The number of ether oxygens (including phenoxy) is 1. The lowest BCUT2D eigenvalue weighted by Gasteiger charge is -2.08. The van der Waals surface area contributed by atoms with Gasteiger partial charge in [-0.15, -0.1) is 5.10 Å². The van der Waals surface area contributed by atoms with Gasteiger partial charge in [0.1, 0.15) is 5.78 Å². The lowest BCUT2D eigenvalue weighted by molar-refractivity contribution is -0.151. The van der Waals surface area contributed by atoms with E-state index in [0.717, 1.165) is 30.4 Å². The Balaban J connectivity index is -0.000000422. The van der Waals surface area contributed by atoms with Crippen LogP contribution in [0, 0.1) is 29.6 Å². The van der Waals surface area contributed by atoms with Gasteiger partial charge in [-0.1, -0.05) is 88.3 Å². The number of carbonyl (C=O) groups excluding carboxylic acids is 2. The predicted octanol–water partition coefficient (Wildman–Crippen LogP) is 8.91. The van der Waals surface area contributed by atoms with E-state index in [0.29, 0.717) is 29.6 Å². The number of hydrogen-bond acceptors (Lipinski definition) is 5. The van der Waals surface area contributed by atoms with Gasteiger partial charge in [0.25, 0.3) is 0 Å². The van der Waals surface area contributed by atoms with Crippen molar-refractivity contribution >= 4 is 11.8 Å². The molecule has 1 rings (SSSR count). The second-order valence-electron chi connectivity index (χ2n) is 12.8. The van der Waals surface area contributed by atoms with Gasteiger partial charge in [-0.3, -0.25) is 9.59 Å². The van der Waals surface area contributed by atoms with E-state index in [2.05, 4.69) is 93.4 Å². The Bertz CT molecular complexity index is 647. The summed E-state index contributed by atoms with van der Waals surface area (Å²) in [6.45, 7) is 33.2. The van der Waals surface area contributed by atoms with Crippen molar-refractivity contribution in [2.75, 3.05) is 0 Å². The van der Waals surface area contributed by atoms with Crippen molar-refractivity contribution in [1.82, 2.24) is 15.0 Å². The molecular formula is C31H63N3O3. The normalized spacial score (nSPS) is 11.0. The van der Waals surface area contributed by atoms with Gasteiger partial charge >= 0.3 is 5.97 Å². The van der Waals surface area contributed by atoms with Crippen LogP contribution < -0.4 is 0 Å². The molecule has 0 spiro atoms. The van der Waals surface area contributed by atoms with E-state index in [1.807, 2.05) is 38.6 Å². The molecule has 0 aromatic carbocycles. The molecule has 6 nitrogen and oxygen atoms in total. The summed E-state index contributed by atoms with van der Waals surface area (Å²) in [5, 5.41) is 8.05. The Morgan fingerprint density at radius 1 is 0.730 bits per heavy atom. The SMILES string of the molecule is CC(C)CC(=O)CC(C)C.CC(C)CC(C)C.CC(C)OC(=O)C(C)C.CC(C)c1cn(C(C)C)nn1. The number of nitrogens with zero attached hydrogens (tertiary/aromatic N) is 3. The lowest BCUT2D eigenvalue weighted by atomic mass is 10.00. The molecule has 6 heteroatoms. The Morgan fingerprint density at radius 3 is 1.32 bits per heavy atom.